The Balaban J connectivity index is 2.16. The van der Waals surface area contributed by atoms with Crippen molar-refractivity contribution in [3.8, 4) is 0 Å². The zero-order valence-electron chi connectivity index (χ0n) is 12.8. The predicted octanol–water partition coefficient (Wildman–Crippen LogP) is 2.50. The molecule has 4 nitrogen and oxygen atoms in total. The zero-order valence-corrected chi connectivity index (χ0v) is 13.6. The number of ether oxygens (including phenoxy) is 1. The van der Waals surface area contributed by atoms with Gasteiger partial charge in [-0.25, -0.2) is 0 Å². The third kappa shape index (κ3) is 6.66. The Morgan fingerprint density at radius 2 is 2.15 bits per heavy atom. The number of rotatable bonds is 8. The van der Waals surface area contributed by atoms with Gasteiger partial charge in [0.25, 0.3) is 0 Å². The van der Waals surface area contributed by atoms with Crippen LogP contribution >= 0.6 is 12.2 Å². The Morgan fingerprint density at radius 3 is 2.80 bits per heavy atom. The SMILES string of the molecule is CCC1CCCC(OCCC(=O)N(C)CCC(N)=S)C1. The fourth-order valence-electron chi connectivity index (χ4n) is 2.67. The average molecular weight is 300 g/mol. The number of thiocarbonyl (C=S) groups is 1. The van der Waals surface area contributed by atoms with Gasteiger partial charge < -0.3 is 15.4 Å². The van der Waals surface area contributed by atoms with Crippen molar-refractivity contribution in [2.24, 2.45) is 11.7 Å². The maximum absolute atomic E-state index is 11.9. The van der Waals surface area contributed by atoms with Crippen LogP contribution in [0.3, 0.4) is 0 Å². The van der Waals surface area contributed by atoms with E-state index in [4.69, 9.17) is 22.7 Å². The molecule has 116 valence electrons. The van der Waals surface area contributed by atoms with Crippen molar-refractivity contribution < 1.29 is 9.53 Å². The van der Waals surface area contributed by atoms with E-state index in [-0.39, 0.29) is 5.91 Å². The minimum atomic E-state index is 0.101. The maximum Gasteiger partial charge on any atom is 0.224 e. The van der Waals surface area contributed by atoms with Crippen molar-refractivity contribution in [1.29, 1.82) is 0 Å². The summed E-state index contributed by atoms with van der Waals surface area (Å²) in [5, 5.41) is 0. The van der Waals surface area contributed by atoms with Crippen molar-refractivity contribution in [1.82, 2.24) is 4.90 Å². The number of carbonyl (C=O) groups excluding carboxylic acids is 1. The van der Waals surface area contributed by atoms with Crippen LogP contribution in [0.2, 0.25) is 0 Å². The minimum Gasteiger partial charge on any atom is -0.393 e. The lowest BCUT2D eigenvalue weighted by Crippen LogP contribution is -2.31. The highest BCUT2D eigenvalue weighted by atomic mass is 32.1. The molecule has 0 radical (unpaired) electrons. The van der Waals surface area contributed by atoms with Crippen molar-refractivity contribution in [2.45, 2.75) is 58.0 Å². The first-order chi connectivity index (χ1) is 9.52. The molecule has 0 aromatic rings. The lowest BCUT2D eigenvalue weighted by atomic mass is 9.85. The molecular formula is C15H28N2O2S. The third-order valence-corrected chi connectivity index (χ3v) is 4.31. The van der Waals surface area contributed by atoms with E-state index in [0.717, 1.165) is 18.8 Å². The molecule has 0 bridgehead atoms. The van der Waals surface area contributed by atoms with E-state index in [2.05, 4.69) is 6.92 Å². The summed E-state index contributed by atoms with van der Waals surface area (Å²) in [5.41, 5.74) is 5.43. The summed E-state index contributed by atoms with van der Waals surface area (Å²) in [6.07, 6.45) is 7.50. The molecule has 0 aromatic heterocycles. The Bertz CT molecular complexity index is 323. The van der Waals surface area contributed by atoms with E-state index in [1.165, 1.54) is 19.3 Å². The smallest absolute Gasteiger partial charge is 0.224 e. The van der Waals surface area contributed by atoms with Crippen molar-refractivity contribution in [3.63, 3.8) is 0 Å². The van der Waals surface area contributed by atoms with Gasteiger partial charge in [-0.1, -0.05) is 38.4 Å². The Morgan fingerprint density at radius 1 is 1.40 bits per heavy atom. The first kappa shape index (κ1) is 17.4. The first-order valence-corrected chi connectivity index (χ1v) is 8.07. The molecule has 2 atom stereocenters. The second-order valence-corrected chi connectivity index (χ2v) is 6.24. The van der Waals surface area contributed by atoms with Crippen LogP contribution in [0.5, 0.6) is 0 Å². The molecule has 0 aliphatic heterocycles. The van der Waals surface area contributed by atoms with Crippen LogP contribution in [0.1, 0.15) is 51.9 Å². The van der Waals surface area contributed by atoms with Gasteiger partial charge in [0.1, 0.15) is 0 Å². The molecule has 1 aliphatic carbocycles. The van der Waals surface area contributed by atoms with E-state index in [1.807, 2.05) is 0 Å². The van der Waals surface area contributed by atoms with E-state index in [9.17, 15) is 4.79 Å². The van der Waals surface area contributed by atoms with Crippen molar-refractivity contribution in [2.75, 3.05) is 20.2 Å². The van der Waals surface area contributed by atoms with Crippen LogP contribution in [0.15, 0.2) is 0 Å². The molecule has 0 aromatic carbocycles. The quantitative estimate of drug-likeness (QED) is 0.700. The van der Waals surface area contributed by atoms with Gasteiger partial charge in [-0.3, -0.25) is 4.79 Å². The van der Waals surface area contributed by atoms with Crippen LogP contribution < -0.4 is 5.73 Å². The number of hydrogen-bond donors (Lipinski definition) is 1. The Hall–Kier alpha value is -0.680. The minimum absolute atomic E-state index is 0.101. The number of nitrogens with two attached hydrogens (primary N) is 1. The molecule has 2 unspecified atom stereocenters. The van der Waals surface area contributed by atoms with E-state index >= 15 is 0 Å². The largest absolute Gasteiger partial charge is 0.393 e. The molecule has 0 saturated heterocycles. The molecular weight excluding hydrogens is 272 g/mol. The van der Waals surface area contributed by atoms with Gasteiger partial charge in [0.2, 0.25) is 5.91 Å². The van der Waals surface area contributed by atoms with Gasteiger partial charge in [-0.15, -0.1) is 0 Å². The molecule has 1 aliphatic rings. The summed E-state index contributed by atoms with van der Waals surface area (Å²) in [7, 11) is 1.79. The monoisotopic (exact) mass is 300 g/mol. The molecule has 0 spiro atoms. The van der Waals surface area contributed by atoms with E-state index in [1.54, 1.807) is 11.9 Å². The highest BCUT2D eigenvalue weighted by Crippen LogP contribution is 2.28. The molecule has 1 rings (SSSR count). The summed E-state index contributed by atoms with van der Waals surface area (Å²) < 4.78 is 5.86. The molecule has 1 amide bonds. The third-order valence-electron chi connectivity index (χ3n) is 4.10. The fraction of sp³-hybridized carbons (Fsp3) is 0.867. The molecule has 5 heteroatoms. The summed E-state index contributed by atoms with van der Waals surface area (Å²) in [4.78, 5) is 14.0. The number of hydrogen-bond acceptors (Lipinski definition) is 3. The van der Waals surface area contributed by atoms with Crippen LogP contribution in [-0.2, 0) is 9.53 Å². The summed E-state index contributed by atoms with van der Waals surface area (Å²) in [6.45, 7) is 3.36. The predicted molar refractivity (Wildman–Crippen MR) is 85.6 cm³/mol. The normalized spacial score (nSPS) is 22.5. The molecule has 1 fully saturated rings. The highest BCUT2D eigenvalue weighted by Gasteiger charge is 2.21. The number of carbonyl (C=O) groups is 1. The van der Waals surface area contributed by atoms with Gasteiger partial charge in [-0.05, 0) is 18.8 Å². The topological polar surface area (TPSA) is 55.6 Å². The molecule has 2 N–H and O–H groups in total. The Labute approximate surface area is 128 Å². The van der Waals surface area contributed by atoms with Crippen LogP contribution in [0.25, 0.3) is 0 Å². The lowest BCUT2D eigenvalue weighted by molar-refractivity contribution is -0.131. The first-order valence-electron chi connectivity index (χ1n) is 7.66. The van der Waals surface area contributed by atoms with Gasteiger partial charge in [0.15, 0.2) is 0 Å². The zero-order chi connectivity index (χ0) is 15.0. The maximum atomic E-state index is 11.9. The number of nitrogens with zero attached hydrogens (tertiary/aromatic N) is 1. The molecule has 20 heavy (non-hydrogen) atoms. The van der Waals surface area contributed by atoms with Gasteiger partial charge in [0.05, 0.1) is 24.1 Å². The highest BCUT2D eigenvalue weighted by molar-refractivity contribution is 7.80. The van der Waals surface area contributed by atoms with Gasteiger partial charge in [-0.2, -0.15) is 0 Å². The van der Waals surface area contributed by atoms with Crippen LogP contribution in [-0.4, -0.2) is 42.1 Å². The van der Waals surface area contributed by atoms with Gasteiger partial charge >= 0.3 is 0 Å². The summed E-state index contributed by atoms with van der Waals surface area (Å²) in [6, 6.07) is 0. The van der Waals surface area contributed by atoms with Crippen molar-refractivity contribution in [3.05, 3.63) is 0 Å². The molecule has 0 heterocycles. The van der Waals surface area contributed by atoms with E-state index in [0.29, 0.717) is 37.1 Å². The van der Waals surface area contributed by atoms with E-state index < -0.39 is 0 Å². The second kappa shape index (κ2) is 9.29. The summed E-state index contributed by atoms with van der Waals surface area (Å²) >= 11 is 4.81. The summed E-state index contributed by atoms with van der Waals surface area (Å²) in [5.74, 6) is 0.904. The lowest BCUT2D eigenvalue weighted by Gasteiger charge is -2.28. The van der Waals surface area contributed by atoms with Crippen LogP contribution in [0, 0.1) is 5.92 Å². The standard InChI is InChI=1S/C15H28N2O2S/c1-3-12-5-4-6-13(11-12)19-10-8-15(18)17(2)9-7-14(16)20/h12-13H,3-11H2,1-2H3,(H2,16,20). The Kier molecular flexibility index (Phi) is 8.07. The fourth-order valence-corrected chi connectivity index (χ4v) is 2.76. The average Bonchev–Trinajstić information content (AvgIpc) is 2.44. The van der Waals surface area contributed by atoms with Crippen LogP contribution in [0.4, 0.5) is 0 Å². The van der Waals surface area contributed by atoms with Gasteiger partial charge in [0, 0.05) is 20.0 Å². The number of amides is 1. The second-order valence-electron chi connectivity index (χ2n) is 5.72. The molecule has 1 saturated carbocycles. The van der Waals surface area contributed by atoms with Crippen molar-refractivity contribution >= 4 is 23.1 Å².